The van der Waals surface area contributed by atoms with Crippen molar-refractivity contribution in [3.63, 3.8) is 0 Å². The van der Waals surface area contributed by atoms with Crippen LogP contribution in [0.4, 0.5) is 0 Å². The van der Waals surface area contributed by atoms with Crippen molar-refractivity contribution < 1.29 is 64.6 Å². The zero-order valence-electron chi connectivity index (χ0n) is 47.6. The Morgan fingerprint density at radius 2 is 0.910 bits per heavy atom. The summed E-state index contributed by atoms with van der Waals surface area (Å²) < 4.78 is 22.7. The first-order chi connectivity index (χ1) is 38.1. The lowest BCUT2D eigenvalue weighted by Gasteiger charge is -2.46. The molecule has 0 bridgehead atoms. The van der Waals surface area contributed by atoms with E-state index in [1.54, 1.807) is 6.08 Å². The van der Waals surface area contributed by atoms with Crippen molar-refractivity contribution >= 4 is 5.91 Å². The smallest absolute Gasteiger partial charge is 0.220 e. The second kappa shape index (κ2) is 48.1. The van der Waals surface area contributed by atoms with Gasteiger partial charge in [0, 0.05) is 6.42 Å². The molecule has 2 aliphatic rings. The number of hydrogen-bond donors (Lipinski definition) is 9. The average Bonchev–Trinajstić information content (AvgIpc) is 3.47. The Bertz CT molecular complexity index is 1770. The Kier molecular flexibility index (Phi) is 43.5. The Labute approximate surface area is 469 Å². The average molecular weight is 1100 g/mol. The van der Waals surface area contributed by atoms with Gasteiger partial charge < -0.3 is 65.1 Å². The monoisotopic (exact) mass is 1100 g/mol. The fourth-order valence-electron chi connectivity index (χ4n) is 8.96. The Morgan fingerprint density at radius 3 is 1.41 bits per heavy atom. The second-order valence-electron chi connectivity index (χ2n) is 20.4. The molecule has 0 spiro atoms. The molecule has 0 saturated carbocycles. The molecule has 0 aliphatic carbocycles. The lowest BCUT2D eigenvalue weighted by molar-refractivity contribution is -0.359. The van der Waals surface area contributed by atoms with Gasteiger partial charge in [-0.25, -0.2) is 0 Å². The number of aliphatic hydroxyl groups excluding tert-OH is 8. The fourth-order valence-corrected chi connectivity index (χ4v) is 8.96. The van der Waals surface area contributed by atoms with Gasteiger partial charge in [-0.3, -0.25) is 4.79 Å². The van der Waals surface area contributed by atoms with Crippen LogP contribution in [0.2, 0.25) is 0 Å². The van der Waals surface area contributed by atoms with E-state index in [1.807, 2.05) is 19.1 Å². The van der Waals surface area contributed by atoms with Crippen LogP contribution in [0.15, 0.2) is 122 Å². The molecule has 2 saturated heterocycles. The van der Waals surface area contributed by atoms with E-state index in [9.17, 15) is 45.6 Å². The highest BCUT2D eigenvalue weighted by molar-refractivity contribution is 5.76. The molecular formula is C64H105NO13. The number of ether oxygens (including phenoxy) is 4. The largest absolute Gasteiger partial charge is 0.394 e. The van der Waals surface area contributed by atoms with Crippen molar-refractivity contribution in [2.45, 2.75) is 254 Å². The van der Waals surface area contributed by atoms with Crippen LogP contribution in [-0.2, 0) is 23.7 Å². The first-order valence-corrected chi connectivity index (χ1v) is 29.7. The van der Waals surface area contributed by atoms with Crippen LogP contribution < -0.4 is 5.32 Å². The maximum Gasteiger partial charge on any atom is 0.220 e. The number of allylic oxidation sites excluding steroid dienone is 19. The highest BCUT2D eigenvalue weighted by Gasteiger charge is 2.51. The highest BCUT2D eigenvalue weighted by Crippen LogP contribution is 2.30. The van der Waals surface area contributed by atoms with Crippen LogP contribution in [0.25, 0.3) is 0 Å². The number of unbranched alkanes of at least 4 members (excludes halogenated alkanes) is 15. The summed E-state index contributed by atoms with van der Waals surface area (Å²) in [5.41, 5.74) is 0. The zero-order chi connectivity index (χ0) is 56.7. The van der Waals surface area contributed by atoms with Crippen molar-refractivity contribution in [3.8, 4) is 0 Å². The molecule has 0 aromatic carbocycles. The summed E-state index contributed by atoms with van der Waals surface area (Å²) in [6.07, 6.45) is 52.9. The number of nitrogens with one attached hydrogen (secondary N) is 1. The van der Waals surface area contributed by atoms with Crippen LogP contribution >= 0.6 is 0 Å². The third-order valence-corrected chi connectivity index (χ3v) is 13.7. The van der Waals surface area contributed by atoms with Gasteiger partial charge >= 0.3 is 0 Å². The number of carbonyl (C=O) groups is 1. The molecule has 0 aromatic rings. The maximum absolute atomic E-state index is 13.2. The molecule has 78 heavy (non-hydrogen) atoms. The van der Waals surface area contributed by atoms with Gasteiger partial charge in [0.25, 0.3) is 0 Å². The van der Waals surface area contributed by atoms with E-state index < -0.39 is 86.8 Å². The van der Waals surface area contributed by atoms with Crippen molar-refractivity contribution in [2.75, 3.05) is 19.8 Å². The van der Waals surface area contributed by atoms with E-state index in [2.05, 4.69) is 116 Å². The summed E-state index contributed by atoms with van der Waals surface area (Å²) in [6.45, 7) is 2.39. The molecule has 0 radical (unpaired) electrons. The third-order valence-electron chi connectivity index (χ3n) is 13.7. The summed E-state index contributed by atoms with van der Waals surface area (Å²) in [5.74, 6) is -0.264. The normalized spacial score (nSPS) is 25.5. The predicted molar refractivity (Wildman–Crippen MR) is 313 cm³/mol. The van der Waals surface area contributed by atoms with E-state index >= 15 is 0 Å². The third kappa shape index (κ3) is 33.2. The first kappa shape index (κ1) is 70.5. The van der Waals surface area contributed by atoms with Crippen LogP contribution in [0, 0.1) is 0 Å². The molecule has 2 heterocycles. The Balaban J connectivity index is 1.61. The predicted octanol–water partition coefficient (Wildman–Crippen LogP) is 10.2. The van der Waals surface area contributed by atoms with Gasteiger partial charge in [-0.15, -0.1) is 0 Å². The Morgan fingerprint density at radius 1 is 0.487 bits per heavy atom. The quantitative estimate of drug-likeness (QED) is 0.0205. The number of rotatable bonds is 45. The minimum absolute atomic E-state index is 0.260. The fraction of sp³-hybridized carbons (Fsp3) is 0.672. The second-order valence-corrected chi connectivity index (χ2v) is 20.4. The summed E-state index contributed by atoms with van der Waals surface area (Å²) >= 11 is 0. The summed E-state index contributed by atoms with van der Waals surface area (Å²) in [7, 11) is 0. The zero-order valence-corrected chi connectivity index (χ0v) is 47.6. The molecule has 9 N–H and O–H groups in total. The van der Waals surface area contributed by atoms with Gasteiger partial charge in [-0.05, 0) is 96.8 Å². The van der Waals surface area contributed by atoms with Crippen LogP contribution in [0.1, 0.15) is 181 Å². The topological polar surface area (TPSA) is 228 Å². The van der Waals surface area contributed by atoms with Gasteiger partial charge in [0.05, 0.1) is 32.0 Å². The van der Waals surface area contributed by atoms with Gasteiger partial charge in [0.1, 0.15) is 48.8 Å². The van der Waals surface area contributed by atoms with E-state index in [-0.39, 0.29) is 18.9 Å². The van der Waals surface area contributed by atoms with Gasteiger partial charge in [-0.2, -0.15) is 0 Å². The van der Waals surface area contributed by atoms with Crippen molar-refractivity contribution in [1.29, 1.82) is 0 Å². The van der Waals surface area contributed by atoms with Crippen LogP contribution in [0.3, 0.4) is 0 Å². The minimum Gasteiger partial charge on any atom is -0.394 e. The number of amides is 1. The molecule has 14 nitrogen and oxygen atoms in total. The SMILES string of the molecule is C/C=C/CC/C=C/CC/C=C/C(O)C(COC1OC(CO)C(OC2OC(CO)C(O)C(O)C2O)C(O)C1O)NC(=O)CCCCCCCCCCCCCCC/C=C\C/C=C\C/C=C\C/C=C\C/C=C\C/C=C\C/C=C\CC. The first-order valence-electron chi connectivity index (χ1n) is 29.7. The summed E-state index contributed by atoms with van der Waals surface area (Å²) in [4.78, 5) is 13.2. The van der Waals surface area contributed by atoms with Gasteiger partial charge in [0.2, 0.25) is 5.91 Å². The van der Waals surface area contributed by atoms with Crippen molar-refractivity contribution in [1.82, 2.24) is 5.32 Å². The molecule has 12 unspecified atom stereocenters. The van der Waals surface area contributed by atoms with Crippen molar-refractivity contribution in [3.05, 3.63) is 122 Å². The molecule has 444 valence electrons. The number of carbonyl (C=O) groups excluding carboxylic acids is 1. The molecule has 12 atom stereocenters. The van der Waals surface area contributed by atoms with Gasteiger partial charge in [-0.1, -0.05) is 199 Å². The van der Waals surface area contributed by atoms with E-state index in [0.29, 0.717) is 12.8 Å². The molecule has 2 aliphatic heterocycles. The molecule has 2 rings (SSSR count). The Hall–Kier alpha value is -3.61. The minimum atomic E-state index is -1.80. The molecule has 14 heteroatoms. The number of aliphatic hydroxyl groups is 8. The summed E-state index contributed by atoms with van der Waals surface area (Å²) in [6, 6.07) is -0.944. The molecular weight excluding hydrogens is 991 g/mol. The standard InChI is InChI=1S/C64H105NO13/c1-3-5-7-9-11-13-14-15-16-17-18-19-20-21-22-23-24-25-26-27-28-29-30-31-32-33-34-35-36-37-38-40-42-44-46-48-56(69)65-52(53(68)47-45-43-41-39-12-10-8-6-4-2)51-75-63-61(74)59(72)62(55(50-67)77-63)78-64-60(73)58(71)57(70)54(49-66)76-64/h4-7,11-13,15-16,18-19,21-22,24-25,27-28,39,45,47,52-55,57-64,66-68,70-74H,3,8-10,14,17,20,23,26,29-38,40-44,46,48-51H2,1-2H3,(H,65,69)/b6-4+,7-5-,13-11-,16-15-,19-18-,22-21-,25-24-,28-27-,39-12+,47-45+. The lowest BCUT2D eigenvalue weighted by atomic mass is 9.97. The lowest BCUT2D eigenvalue weighted by Crippen LogP contribution is -2.65. The van der Waals surface area contributed by atoms with Crippen LogP contribution in [0.5, 0.6) is 0 Å². The van der Waals surface area contributed by atoms with Gasteiger partial charge in [0.15, 0.2) is 12.6 Å². The highest BCUT2D eigenvalue weighted by atomic mass is 16.7. The van der Waals surface area contributed by atoms with E-state index in [0.717, 1.165) is 89.9 Å². The maximum atomic E-state index is 13.2. The van der Waals surface area contributed by atoms with Crippen LogP contribution in [-0.4, -0.2) is 140 Å². The summed E-state index contributed by atoms with van der Waals surface area (Å²) in [5, 5.41) is 86.7. The van der Waals surface area contributed by atoms with E-state index in [4.69, 9.17) is 18.9 Å². The molecule has 2 fully saturated rings. The molecule has 0 aromatic heterocycles. The van der Waals surface area contributed by atoms with E-state index in [1.165, 1.54) is 57.8 Å². The molecule has 1 amide bonds. The number of hydrogen-bond acceptors (Lipinski definition) is 13. The van der Waals surface area contributed by atoms with Crippen molar-refractivity contribution in [2.24, 2.45) is 0 Å².